The highest BCUT2D eigenvalue weighted by molar-refractivity contribution is 5.77. The first-order valence-corrected chi connectivity index (χ1v) is 8.06. The van der Waals surface area contributed by atoms with Crippen molar-refractivity contribution in [3.8, 4) is 0 Å². The fourth-order valence-electron chi connectivity index (χ4n) is 5.55. The second-order valence-electron chi connectivity index (χ2n) is 7.10. The van der Waals surface area contributed by atoms with Crippen molar-refractivity contribution in [2.45, 2.75) is 57.0 Å². The highest BCUT2D eigenvalue weighted by Crippen LogP contribution is 2.47. The van der Waals surface area contributed by atoms with Crippen molar-refractivity contribution < 1.29 is 9.44 Å². The Morgan fingerprint density at radius 1 is 1.11 bits per heavy atom. The molecule has 0 N–H and O–H groups in total. The van der Waals surface area contributed by atoms with Crippen molar-refractivity contribution in [3.63, 3.8) is 0 Å². The summed E-state index contributed by atoms with van der Waals surface area (Å²) in [5.41, 5.74) is 0. The quantitative estimate of drug-likeness (QED) is 0.495. The van der Waals surface area contributed by atoms with E-state index in [-0.39, 0.29) is 4.65 Å². The van der Waals surface area contributed by atoms with Crippen molar-refractivity contribution in [1.82, 2.24) is 4.90 Å². The van der Waals surface area contributed by atoms with Crippen LogP contribution in [0.5, 0.6) is 0 Å². The maximum atomic E-state index is 13.1. The second kappa shape index (κ2) is 4.19. The molecule has 4 heterocycles. The molecular weight excluding hydrogens is 240 g/mol. The Hall–Kier alpha value is -0.610. The summed E-state index contributed by atoms with van der Waals surface area (Å²) in [4.78, 5) is 14.3. The number of carbonyl (C=O) groups is 1. The van der Waals surface area contributed by atoms with E-state index in [9.17, 15) is 10.0 Å². The van der Waals surface area contributed by atoms with Gasteiger partial charge < -0.3 is 14.8 Å². The van der Waals surface area contributed by atoms with Crippen LogP contribution in [-0.4, -0.2) is 47.2 Å². The Bertz CT molecular complexity index is 396. The molecule has 0 bridgehead atoms. The molecule has 4 unspecified atom stereocenters. The summed E-state index contributed by atoms with van der Waals surface area (Å²) in [6.45, 7) is 2.55. The number of rotatable bonds is 0. The average Bonchev–Trinajstić information content (AvgIpc) is 2.40. The molecule has 4 nitrogen and oxygen atoms in total. The van der Waals surface area contributed by atoms with Gasteiger partial charge in [-0.15, -0.1) is 0 Å². The van der Waals surface area contributed by atoms with Crippen LogP contribution < -0.4 is 0 Å². The monoisotopic (exact) mass is 264 g/mol. The fourth-order valence-corrected chi connectivity index (χ4v) is 5.55. The average molecular weight is 264 g/mol. The van der Waals surface area contributed by atoms with E-state index < -0.39 is 0 Å². The van der Waals surface area contributed by atoms with Crippen LogP contribution in [0.4, 0.5) is 0 Å². The third-order valence-electron chi connectivity index (χ3n) is 6.19. The molecule has 5 atom stereocenters. The summed E-state index contributed by atoms with van der Waals surface area (Å²) in [6.07, 6.45) is 7.38. The lowest BCUT2D eigenvalue weighted by Crippen LogP contribution is -2.71. The maximum Gasteiger partial charge on any atom is 0.222 e. The standard InChI is InChI=1S/C15H24N2O2/c18-14-7-1-6-13-12-5-3-9-17(19)8-2-4-11(15(12)17)10-16(13)14/h11-13,15H,1-10H2/t11?,12?,13?,15?,17-/m0/s1. The number of hydroxylamine groups is 3. The molecule has 0 aromatic rings. The number of nitrogens with zero attached hydrogens (tertiary/aromatic N) is 2. The van der Waals surface area contributed by atoms with E-state index in [0.717, 1.165) is 51.7 Å². The fraction of sp³-hybridized carbons (Fsp3) is 0.933. The summed E-state index contributed by atoms with van der Waals surface area (Å²) in [5, 5.41) is 13.1. The van der Waals surface area contributed by atoms with Gasteiger partial charge >= 0.3 is 0 Å². The van der Waals surface area contributed by atoms with E-state index in [1.54, 1.807) is 0 Å². The number of carbonyl (C=O) groups excluding carboxylic acids is 1. The first kappa shape index (κ1) is 12.2. The predicted octanol–water partition coefficient (Wildman–Crippen LogP) is 1.88. The number of quaternary nitrogens is 1. The number of hydrogen-bond acceptors (Lipinski definition) is 2. The Kier molecular flexibility index (Phi) is 2.68. The largest absolute Gasteiger partial charge is 0.633 e. The summed E-state index contributed by atoms with van der Waals surface area (Å²) in [5.74, 6) is 1.33. The minimum Gasteiger partial charge on any atom is -0.633 e. The highest BCUT2D eigenvalue weighted by atomic mass is 16.5. The van der Waals surface area contributed by atoms with E-state index in [0.29, 0.717) is 29.8 Å². The van der Waals surface area contributed by atoms with Crippen molar-refractivity contribution >= 4 is 5.91 Å². The molecule has 4 saturated heterocycles. The normalized spacial score (nSPS) is 49.5. The van der Waals surface area contributed by atoms with Gasteiger partial charge in [0.05, 0.1) is 19.1 Å². The van der Waals surface area contributed by atoms with E-state index in [1.807, 2.05) is 0 Å². The van der Waals surface area contributed by atoms with Gasteiger partial charge in [0.2, 0.25) is 5.91 Å². The molecule has 0 spiro atoms. The maximum absolute atomic E-state index is 13.1. The number of fused-ring (bicyclic) bond motifs is 2. The third-order valence-corrected chi connectivity index (χ3v) is 6.19. The van der Waals surface area contributed by atoms with Crippen LogP contribution in [0, 0.1) is 17.0 Å². The van der Waals surface area contributed by atoms with Gasteiger partial charge in [-0.1, -0.05) is 0 Å². The zero-order valence-electron chi connectivity index (χ0n) is 11.6. The zero-order valence-corrected chi connectivity index (χ0v) is 11.6. The van der Waals surface area contributed by atoms with Gasteiger partial charge in [-0.25, -0.2) is 0 Å². The first-order chi connectivity index (χ1) is 9.19. The Morgan fingerprint density at radius 3 is 2.74 bits per heavy atom. The topological polar surface area (TPSA) is 43.4 Å². The SMILES string of the molecule is O=C1CCCC2C3CCC[N@@+]4([O-])CCCC(CN12)C34. The van der Waals surface area contributed by atoms with E-state index >= 15 is 0 Å². The molecule has 0 aromatic heterocycles. The first-order valence-electron chi connectivity index (χ1n) is 8.06. The van der Waals surface area contributed by atoms with Crippen molar-refractivity contribution in [3.05, 3.63) is 5.21 Å². The molecule has 106 valence electrons. The van der Waals surface area contributed by atoms with Crippen LogP contribution in [0.25, 0.3) is 0 Å². The molecule has 4 aliphatic rings. The van der Waals surface area contributed by atoms with Gasteiger partial charge in [-0.2, -0.15) is 0 Å². The number of amides is 1. The third kappa shape index (κ3) is 1.69. The van der Waals surface area contributed by atoms with Gasteiger partial charge in [0, 0.05) is 30.8 Å². The minimum atomic E-state index is 0.0772. The van der Waals surface area contributed by atoms with Crippen LogP contribution in [-0.2, 0) is 4.79 Å². The van der Waals surface area contributed by atoms with Crippen molar-refractivity contribution in [2.24, 2.45) is 11.8 Å². The molecule has 0 saturated carbocycles. The van der Waals surface area contributed by atoms with Gasteiger partial charge in [0.25, 0.3) is 0 Å². The van der Waals surface area contributed by atoms with Crippen LogP contribution >= 0.6 is 0 Å². The lowest BCUT2D eigenvalue weighted by molar-refractivity contribution is -0.925. The molecule has 0 aromatic carbocycles. The molecule has 19 heavy (non-hydrogen) atoms. The van der Waals surface area contributed by atoms with Gasteiger partial charge in [0.15, 0.2) is 0 Å². The molecule has 1 amide bonds. The molecule has 0 aliphatic carbocycles. The zero-order chi connectivity index (χ0) is 13.0. The summed E-state index contributed by atoms with van der Waals surface area (Å²) in [7, 11) is 0. The molecule has 4 aliphatic heterocycles. The predicted molar refractivity (Wildman–Crippen MR) is 71.9 cm³/mol. The Morgan fingerprint density at radius 2 is 1.89 bits per heavy atom. The van der Waals surface area contributed by atoms with E-state index in [4.69, 9.17) is 0 Å². The van der Waals surface area contributed by atoms with Crippen molar-refractivity contribution in [2.75, 3.05) is 19.6 Å². The lowest BCUT2D eigenvalue weighted by atomic mass is 9.67. The van der Waals surface area contributed by atoms with Crippen LogP contribution in [0.2, 0.25) is 0 Å². The van der Waals surface area contributed by atoms with E-state index in [1.165, 1.54) is 12.8 Å². The van der Waals surface area contributed by atoms with Crippen LogP contribution in [0.15, 0.2) is 0 Å². The molecule has 4 rings (SSSR count). The number of hydrogen-bond donors (Lipinski definition) is 0. The van der Waals surface area contributed by atoms with E-state index in [2.05, 4.69) is 4.90 Å². The Balaban J connectivity index is 1.69. The van der Waals surface area contributed by atoms with Gasteiger partial charge in [-0.3, -0.25) is 4.79 Å². The minimum absolute atomic E-state index is 0.0772. The summed E-state index contributed by atoms with van der Waals surface area (Å²) < 4.78 is 0.0772. The van der Waals surface area contributed by atoms with Crippen LogP contribution in [0.3, 0.4) is 0 Å². The smallest absolute Gasteiger partial charge is 0.222 e. The molecule has 4 fully saturated rings. The van der Waals surface area contributed by atoms with Gasteiger partial charge in [0.1, 0.15) is 0 Å². The lowest BCUT2D eigenvalue weighted by Gasteiger charge is -2.64. The number of piperidine rings is 4. The molecule has 4 heteroatoms. The highest BCUT2D eigenvalue weighted by Gasteiger charge is 2.55. The molecular formula is C15H24N2O2. The van der Waals surface area contributed by atoms with Gasteiger partial charge in [-0.05, 0) is 38.5 Å². The second-order valence-corrected chi connectivity index (χ2v) is 7.10. The van der Waals surface area contributed by atoms with Crippen LogP contribution in [0.1, 0.15) is 44.9 Å². The Labute approximate surface area is 114 Å². The summed E-state index contributed by atoms with van der Waals surface area (Å²) >= 11 is 0. The summed E-state index contributed by atoms with van der Waals surface area (Å²) in [6, 6.07) is 0.710. The molecule has 0 radical (unpaired) electrons. The van der Waals surface area contributed by atoms with Crippen molar-refractivity contribution in [1.29, 1.82) is 0 Å².